The summed E-state index contributed by atoms with van der Waals surface area (Å²) in [7, 11) is 0. The molecule has 0 radical (unpaired) electrons. The molecule has 1 amide bonds. The molecule has 6 nitrogen and oxygen atoms in total. The van der Waals surface area contributed by atoms with Crippen LogP contribution in [0.4, 0.5) is 8.78 Å². The Morgan fingerprint density at radius 1 is 1.35 bits per heavy atom. The monoisotopic (exact) mass is 329 g/mol. The highest BCUT2D eigenvalue weighted by Gasteiger charge is 2.28. The summed E-state index contributed by atoms with van der Waals surface area (Å²) in [6.45, 7) is 4.17. The summed E-state index contributed by atoms with van der Waals surface area (Å²) >= 11 is 0. The minimum atomic E-state index is -2.58. The van der Waals surface area contributed by atoms with Gasteiger partial charge in [-0.05, 0) is 5.92 Å². The molecule has 0 spiro atoms. The first-order chi connectivity index (χ1) is 10.9. The van der Waals surface area contributed by atoms with E-state index < -0.39 is 12.6 Å². The lowest BCUT2D eigenvalue weighted by Gasteiger charge is -2.36. The molecule has 0 bridgehead atoms. The number of rotatable bonds is 6. The quantitative estimate of drug-likeness (QED) is 0.854. The molecule has 2 N–H and O–H groups in total. The Morgan fingerprint density at radius 2 is 2.00 bits per heavy atom. The molecule has 0 aromatic carbocycles. The zero-order valence-electron chi connectivity index (χ0n) is 13.7. The number of halogens is 2. The van der Waals surface area contributed by atoms with Gasteiger partial charge in [0.2, 0.25) is 5.91 Å². The van der Waals surface area contributed by atoms with Gasteiger partial charge in [0.25, 0.3) is 0 Å². The van der Waals surface area contributed by atoms with Gasteiger partial charge in [0, 0.05) is 38.6 Å². The van der Waals surface area contributed by atoms with Crippen molar-refractivity contribution in [1.29, 1.82) is 0 Å². The molecule has 2 atom stereocenters. The molecule has 2 heterocycles. The molecule has 1 aromatic rings. The normalized spacial score (nSPS) is 19.1. The van der Waals surface area contributed by atoms with E-state index in [0.717, 1.165) is 11.0 Å². The third-order valence-electron chi connectivity index (χ3n) is 4.55. The molecular formula is C15H25F2N5O. The van der Waals surface area contributed by atoms with E-state index >= 15 is 0 Å². The maximum Gasteiger partial charge on any atom is 0.319 e. The number of hydrogen-bond donors (Lipinski definition) is 1. The highest BCUT2D eigenvalue weighted by Crippen LogP contribution is 2.16. The van der Waals surface area contributed by atoms with Crippen LogP contribution in [-0.4, -0.2) is 57.5 Å². The zero-order valence-corrected chi connectivity index (χ0v) is 13.7. The molecular weight excluding hydrogens is 304 g/mol. The second-order valence-corrected chi connectivity index (χ2v) is 6.04. The number of imidazole rings is 1. The van der Waals surface area contributed by atoms with Crippen LogP contribution in [0.25, 0.3) is 0 Å². The molecule has 8 heteroatoms. The van der Waals surface area contributed by atoms with Crippen molar-refractivity contribution in [2.45, 2.75) is 39.4 Å². The average molecular weight is 329 g/mol. The van der Waals surface area contributed by atoms with Crippen LogP contribution >= 0.6 is 0 Å². The van der Waals surface area contributed by atoms with Crippen molar-refractivity contribution in [3.63, 3.8) is 0 Å². The standard InChI is InChI=1S/C15H25F2N5O/c1-3-11(2)13(18)14(23)21-8-6-20(7-9-21)10-12-19-4-5-22(12)15(16)17/h4-5,11,13,15H,3,6-10,18H2,1-2H3/t11-,13-/m0/s1. The summed E-state index contributed by atoms with van der Waals surface area (Å²) < 4.78 is 26.5. The van der Waals surface area contributed by atoms with E-state index in [1.165, 1.54) is 12.4 Å². The van der Waals surface area contributed by atoms with Crippen LogP contribution in [0.3, 0.4) is 0 Å². The van der Waals surface area contributed by atoms with E-state index in [0.29, 0.717) is 38.5 Å². The van der Waals surface area contributed by atoms with Crippen molar-refractivity contribution in [3.05, 3.63) is 18.2 Å². The highest BCUT2D eigenvalue weighted by atomic mass is 19.3. The number of carbonyl (C=O) groups excluding carboxylic acids is 1. The van der Waals surface area contributed by atoms with Crippen LogP contribution in [0.2, 0.25) is 0 Å². The zero-order chi connectivity index (χ0) is 17.0. The molecule has 1 aliphatic heterocycles. The third kappa shape index (κ3) is 4.26. The molecule has 0 aliphatic carbocycles. The highest BCUT2D eigenvalue weighted by molar-refractivity contribution is 5.82. The molecule has 1 fully saturated rings. The predicted octanol–water partition coefficient (Wildman–Crippen LogP) is 1.30. The van der Waals surface area contributed by atoms with Gasteiger partial charge in [0.1, 0.15) is 5.82 Å². The van der Waals surface area contributed by atoms with Crippen molar-refractivity contribution in [3.8, 4) is 0 Å². The summed E-state index contributed by atoms with van der Waals surface area (Å²) in [6, 6.07) is -0.468. The lowest BCUT2D eigenvalue weighted by atomic mass is 9.98. The van der Waals surface area contributed by atoms with Gasteiger partial charge >= 0.3 is 6.55 Å². The summed E-state index contributed by atoms with van der Waals surface area (Å²) in [5.41, 5.74) is 6.00. The Bertz CT molecular complexity index is 514. The molecule has 0 unspecified atom stereocenters. The molecule has 0 saturated carbocycles. The van der Waals surface area contributed by atoms with E-state index in [2.05, 4.69) is 4.98 Å². The fourth-order valence-electron chi connectivity index (χ4n) is 2.68. The smallest absolute Gasteiger partial charge is 0.319 e. The van der Waals surface area contributed by atoms with Crippen molar-refractivity contribution < 1.29 is 13.6 Å². The van der Waals surface area contributed by atoms with Gasteiger partial charge < -0.3 is 10.6 Å². The molecule has 1 aromatic heterocycles. The number of nitrogens with two attached hydrogens (primary N) is 1. The third-order valence-corrected chi connectivity index (χ3v) is 4.55. The number of piperazine rings is 1. The number of aromatic nitrogens is 2. The van der Waals surface area contributed by atoms with Crippen LogP contribution in [0.15, 0.2) is 12.4 Å². The fraction of sp³-hybridized carbons (Fsp3) is 0.733. The molecule has 1 aliphatic rings. The van der Waals surface area contributed by atoms with Crippen molar-refractivity contribution >= 4 is 5.91 Å². The van der Waals surface area contributed by atoms with E-state index in [4.69, 9.17) is 5.73 Å². The number of amides is 1. The Balaban J connectivity index is 1.86. The van der Waals surface area contributed by atoms with Gasteiger partial charge in [-0.2, -0.15) is 8.78 Å². The van der Waals surface area contributed by atoms with E-state index in [9.17, 15) is 13.6 Å². The maximum atomic E-state index is 12.8. The van der Waals surface area contributed by atoms with Crippen molar-refractivity contribution in [2.24, 2.45) is 11.7 Å². The molecule has 23 heavy (non-hydrogen) atoms. The first-order valence-corrected chi connectivity index (χ1v) is 8.00. The first-order valence-electron chi connectivity index (χ1n) is 8.00. The number of carbonyl (C=O) groups is 1. The molecule has 1 saturated heterocycles. The van der Waals surface area contributed by atoms with Crippen LogP contribution in [0, 0.1) is 5.92 Å². The lowest BCUT2D eigenvalue weighted by Crippen LogP contribution is -2.54. The van der Waals surface area contributed by atoms with E-state index in [-0.39, 0.29) is 11.8 Å². The second-order valence-electron chi connectivity index (χ2n) is 6.04. The Hall–Kier alpha value is -1.54. The van der Waals surface area contributed by atoms with E-state index in [1.54, 1.807) is 4.90 Å². The number of nitrogens with zero attached hydrogens (tertiary/aromatic N) is 4. The van der Waals surface area contributed by atoms with Gasteiger partial charge in [-0.3, -0.25) is 14.3 Å². The fourth-order valence-corrected chi connectivity index (χ4v) is 2.68. The summed E-state index contributed by atoms with van der Waals surface area (Å²) in [5.74, 6) is 0.475. The van der Waals surface area contributed by atoms with Gasteiger partial charge in [-0.25, -0.2) is 4.98 Å². The average Bonchev–Trinajstić information content (AvgIpc) is 3.01. The van der Waals surface area contributed by atoms with Gasteiger partial charge in [0.15, 0.2) is 0 Å². The minimum absolute atomic E-state index is 0.0203. The number of alkyl halides is 2. The summed E-state index contributed by atoms with van der Waals surface area (Å²) in [4.78, 5) is 20.1. The molecule has 130 valence electrons. The molecule has 2 rings (SSSR count). The summed E-state index contributed by atoms with van der Waals surface area (Å²) in [6.07, 6.45) is 3.53. The van der Waals surface area contributed by atoms with Gasteiger partial charge in [-0.15, -0.1) is 0 Å². The minimum Gasteiger partial charge on any atom is -0.339 e. The second kappa shape index (κ2) is 7.83. The van der Waals surface area contributed by atoms with Gasteiger partial charge in [-0.1, -0.05) is 20.3 Å². The SMILES string of the molecule is CC[C@H](C)[C@H](N)C(=O)N1CCN(Cc2nccn2C(F)F)CC1. The Kier molecular flexibility index (Phi) is 6.06. The van der Waals surface area contributed by atoms with Crippen LogP contribution < -0.4 is 5.73 Å². The van der Waals surface area contributed by atoms with Crippen LogP contribution in [-0.2, 0) is 11.3 Å². The van der Waals surface area contributed by atoms with Crippen molar-refractivity contribution in [2.75, 3.05) is 26.2 Å². The van der Waals surface area contributed by atoms with Gasteiger partial charge in [0.05, 0.1) is 12.6 Å². The van der Waals surface area contributed by atoms with E-state index in [1.807, 2.05) is 18.7 Å². The van der Waals surface area contributed by atoms with Crippen LogP contribution in [0.1, 0.15) is 32.6 Å². The maximum absolute atomic E-state index is 12.8. The Morgan fingerprint density at radius 3 is 2.57 bits per heavy atom. The van der Waals surface area contributed by atoms with Crippen molar-refractivity contribution in [1.82, 2.24) is 19.4 Å². The lowest BCUT2D eigenvalue weighted by molar-refractivity contribution is -0.135. The first kappa shape index (κ1) is 17.8. The van der Waals surface area contributed by atoms with Crippen LogP contribution in [0.5, 0.6) is 0 Å². The topological polar surface area (TPSA) is 67.4 Å². The summed E-state index contributed by atoms with van der Waals surface area (Å²) in [5, 5.41) is 0. The largest absolute Gasteiger partial charge is 0.339 e. The number of hydrogen-bond acceptors (Lipinski definition) is 4. The Labute approximate surface area is 135 Å². The predicted molar refractivity (Wildman–Crippen MR) is 82.8 cm³/mol.